The molecule has 0 aliphatic rings. The number of ether oxygens (including phenoxy) is 2. The largest absolute Gasteiger partial charge is 0.493 e. The van der Waals surface area contributed by atoms with Gasteiger partial charge >= 0.3 is 0 Å². The number of hydrogen-bond donors (Lipinski definition) is 1. The molecule has 104 valence electrons. The van der Waals surface area contributed by atoms with Crippen LogP contribution in [0.25, 0.3) is 0 Å². The summed E-state index contributed by atoms with van der Waals surface area (Å²) in [5.41, 5.74) is 1.31. The van der Waals surface area contributed by atoms with Gasteiger partial charge in [0.05, 0.1) is 19.4 Å². The molecule has 1 N–H and O–H groups in total. The molecule has 1 rings (SSSR count). The maximum absolute atomic E-state index is 11.7. The summed E-state index contributed by atoms with van der Waals surface area (Å²) in [5.74, 6) is 1.17. The average molecular weight is 263 g/mol. The van der Waals surface area contributed by atoms with Crippen molar-refractivity contribution in [2.75, 3.05) is 19.0 Å². The third-order valence-corrected chi connectivity index (χ3v) is 2.58. The molecule has 1 aromatic rings. The minimum Gasteiger partial charge on any atom is -0.493 e. The molecular formula is C15H21NO3. The van der Waals surface area contributed by atoms with Gasteiger partial charge in [-0.1, -0.05) is 13.0 Å². The summed E-state index contributed by atoms with van der Waals surface area (Å²) in [6.45, 7) is 6.02. The van der Waals surface area contributed by atoms with Gasteiger partial charge in [-0.3, -0.25) is 4.79 Å². The van der Waals surface area contributed by atoms with E-state index in [1.807, 2.05) is 26.1 Å². The maximum atomic E-state index is 11.7. The Balaban J connectivity index is 3.20. The minimum absolute atomic E-state index is 0.0197. The van der Waals surface area contributed by atoms with Crippen molar-refractivity contribution in [2.45, 2.75) is 27.2 Å². The summed E-state index contributed by atoms with van der Waals surface area (Å²) in [4.78, 5) is 11.7. The van der Waals surface area contributed by atoms with Gasteiger partial charge in [-0.15, -0.1) is 0 Å². The van der Waals surface area contributed by atoms with E-state index in [0.717, 1.165) is 12.1 Å². The third-order valence-electron chi connectivity index (χ3n) is 2.58. The molecule has 0 aliphatic heterocycles. The van der Waals surface area contributed by atoms with Crippen LogP contribution >= 0.6 is 0 Å². The van der Waals surface area contributed by atoms with Crippen LogP contribution in [0.15, 0.2) is 24.4 Å². The van der Waals surface area contributed by atoms with Crippen molar-refractivity contribution in [1.29, 1.82) is 0 Å². The van der Waals surface area contributed by atoms with Crippen LogP contribution in [0.1, 0.15) is 37.6 Å². The van der Waals surface area contributed by atoms with E-state index in [0.29, 0.717) is 23.7 Å². The number of anilines is 1. The quantitative estimate of drug-likeness (QED) is 0.763. The van der Waals surface area contributed by atoms with Crippen LogP contribution in [-0.2, 0) is 0 Å². The lowest BCUT2D eigenvalue weighted by molar-refractivity contribution is 0.101. The highest BCUT2D eigenvalue weighted by Gasteiger charge is 2.13. The summed E-state index contributed by atoms with van der Waals surface area (Å²) < 4.78 is 10.8. The summed E-state index contributed by atoms with van der Waals surface area (Å²) in [7, 11) is 1.56. The van der Waals surface area contributed by atoms with Crippen LogP contribution < -0.4 is 14.8 Å². The van der Waals surface area contributed by atoms with E-state index in [-0.39, 0.29) is 5.78 Å². The number of rotatable bonds is 7. The Hall–Kier alpha value is -1.97. The van der Waals surface area contributed by atoms with Crippen molar-refractivity contribution >= 4 is 11.5 Å². The second kappa shape index (κ2) is 7.46. The van der Waals surface area contributed by atoms with Crippen molar-refractivity contribution in [2.24, 2.45) is 0 Å². The lowest BCUT2D eigenvalue weighted by atomic mass is 10.1. The lowest BCUT2D eigenvalue weighted by Gasteiger charge is -2.14. The van der Waals surface area contributed by atoms with E-state index in [2.05, 4.69) is 5.32 Å². The van der Waals surface area contributed by atoms with Gasteiger partial charge in [-0.25, -0.2) is 0 Å². The number of methoxy groups -OCH3 is 1. The van der Waals surface area contributed by atoms with Gasteiger partial charge in [0, 0.05) is 11.6 Å². The van der Waals surface area contributed by atoms with E-state index < -0.39 is 0 Å². The smallest absolute Gasteiger partial charge is 0.163 e. The molecule has 0 heterocycles. The molecule has 0 spiro atoms. The summed E-state index contributed by atoms with van der Waals surface area (Å²) in [6.07, 6.45) is 4.73. The van der Waals surface area contributed by atoms with Crippen LogP contribution in [0, 0.1) is 0 Å². The van der Waals surface area contributed by atoms with Crippen LogP contribution in [0.4, 0.5) is 5.69 Å². The third kappa shape index (κ3) is 4.02. The Bertz CT molecular complexity index is 467. The fourth-order valence-electron chi connectivity index (χ4n) is 1.67. The first-order valence-electron chi connectivity index (χ1n) is 6.41. The number of allylic oxidation sites excluding steroid dienone is 1. The molecule has 0 bridgehead atoms. The lowest BCUT2D eigenvalue weighted by Crippen LogP contribution is -2.03. The van der Waals surface area contributed by atoms with E-state index >= 15 is 0 Å². The maximum Gasteiger partial charge on any atom is 0.163 e. The van der Waals surface area contributed by atoms with Crippen molar-refractivity contribution in [3.8, 4) is 11.5 Å². The molecule has 0 fully saturated rings. The predicted octanol–water partition coefficient (Wildman–Crippen LogP) is 3.63. The predicted molar refractivity (Wildman–Crippen MR) is 77.2 cm³/mol. The van der Waals surface area contributed by atoms with Crippen LogP contribution in [0.3, 0.4) is 0 Å². The Morgan fingerprint density at radius 1 is 1.32 bits per heavy atom. The molecule has 0 radical (unpaired) electrons. The van der Waals surface area contributed by atoms with Crippen LogP contribution in [0.2, 0.25) is 0 Å². The van der Waals surface area contributed by atoms with Crippen molar-refractivity contribution in [1.82, 2.24) is 0 Å². The highest BCUT2D eigenvalue weighted by molar-refractivity contribution is 6.00. The Kier molecular flexibility index (Phi) is 5.93. The molecule has 0 aromatic heterocycles. The molecule has 0 aliphatic carbocycles. The molecule has 0 saturated carbocycles. The topological polar surface area (TPSA) is 47.6 Å². The molecule has 0 unspecified atom stereocenters. The number of hydrogen-bond acceptors (Lipinski definition) is 4. The molecule has 4 nitrogen and oxygen atoms in total. The molecule has 4 heteroatoms. The zero-order valence-electron chi connectivity index (χ0n) is 11.9. The van der Waals surface area contributed by atoms with Gasteiger partial charge in [0.1, 0.15) is 0 Å². The van der Waals surface area contributed by atoms with Gasteiger partial charge in [0.15, 0.2) is 17.3 Å². The van der Waals surface area contributed by atoms with Gasteiger partial charge in [-0.2, -0.15) is 0 Å². The second-order valence-corrected chi connectivity index (χ2v) is 3.99. The van der Waals surface area contributed by atoms with E-state index in [1.165, 1.54) is 6.92 Å². The fourth-order valence-corrected chi connectivity index (χ4v) is 1.67. The monoisotopic (exact) mass is 263 g/mol. The zero-order chi connectivity index (χ0) is 14.3. The van der Waals surface area contributed by atoms with Crippen molar-refractivity contribution < 1.29 is 14.3 Å². The highest BCUT2D eigenvalue weighted by Crippen LogP contribution is 2.34. The molecule has 1 aromatic carbocycles. The van der Waals surface area contributed by atoms with Gasteiger partial charge < -0.3 is 14.8 Å². The fraction of sp³-hybridized carbons (Fsp3) is 0.400. The second-order valence-electron chi connectivity index (χ2n) is 3.99. The number of ketones is 1. The number of nitrogens with one attached hydrogen (secondary N) is 1. The number of Topliss-reactive ketones (excluding diaryl/α,β-unsaturated/α-hetero) is 1. The first-order valence-corrected chi connectivity index (χ1v) is 6.41. The minimum atomic E-state index is -0.0197. The van der Waals surface area contributed by atoms with Crippen LogP contribution in [-0.4, -0.2) is 19.5 Å². The SMILES string of the molecule is CC/C=C/Nc1cc(OCC)c(OC)cc1C(C)=O. The molecule has 19 heavy (non-hydrogen) atoms. The van der Waals surface area contributed by atoms with Crippen LogP contribution in [0.5, 0.6) is 11.5 Å². The summed E-state index contributed by atoms with van der Waals surface area (Å²) in [5, 5.41) is 3.11. The van der Waals surface area contributed by atoms with Crippen molar-refractivity contribution in [3.63, 3.8) is 0 Å². The molecular weight excluding hydrogens is 242 g/mol. The molecule has 0 saturated heterocycles. The number of benzene rings is 1. The Morgan fingerprint density at radius 2 is 2.05 bits per heavy atom. The standard InChI is InChI=1S/C15H21NO3/c1-5-7-8-16-13-10-15(19-6-2)14(18-4)9-12(13)11(3)17/h7-10,16H,5-6H2,1-4H3/b8-7+. The summed E-state index contributed by atoms with van der Waals surface area (Å²) in [6, 6.07) is 3.49. The highest BCUT2D eigenvalue weighted by atomic mass is 16.5. The first-order chi connectivity index (χ1) is 9.13. The summed E-state index contributed by atoms with van der Waals surface area (Å²) >= 11 is 0. The number of carbonyl (C=O) groups excluding carboxylic acids is 1. The van der Waals surface area contributed by atoms with E-state index in [4.69, 9.17) is 9.47 Å². The average Bonchev–Trinajstić information content (AvgIpc) is 2.39. The Labute approximate surface area is 114 Å². The van der Waals surface area contributed by atoms with Gasteiger partial charge in [-0.05, 0) is 32.5 Å². The molecule has 0 atom stereocenters. The zero-order valence-corrected chi connectivity index (χ0v) is 11.9. The molecule has 0 amide bonds. The van der Waals surface area contributed by atoms with Gasteiger partial charge in [0.2, 0.25) is 0 Å². The van der Waals surface area contributed by atoms with Crippen molar-refractivity contribution in [3.05, 3.63) is 30.0 Å². The number of carbonyl (C=O) groups is 1. The Morgan fingerprint density at radius 3 is 2.58 bits per heavy atom. The van der Waals surface area contributed by atoms with Gasteiger partial charge in [0.25, 0.3) is 0 Å². The van der Waals surface area contributed by atoms with E-state index in [9.17, 15) is 4.79 Å². The first kappa shape index (κ1) is 15.1. The normalized spacial score (nSPS) is 10.5. The van der Waals surface area contributed by atoms with E-state index in [1.54, 1.807) is 19.2 Å².